The Morgan fingerprint density at radius 1 is 1.00 bits per heavy atom. The third-order valence-electron chi connectivity index (χ3n) is 8.37. The van der Waals surface area contributed by atoms with Crippen molar-refractivity contribution >= 4 is 5.91 Å². The van der Waals surface area contributed by atoms with E-state index < -0.39 is 12.0 Å². The molecule has 39 heavy (non-hydrogen) atoms. The Kier molecular flexibility index (Phi) is 5.63. The normalized spacial score (nSPS) is 17.6. The zero-order valence-electron chi connectivity index (χ0n) is 21.5. The molecular weight excluding hydrogens is 490 g/mol. The van der Waals surface area contributed by atoms with Crippen LogP contribution in [0.5, 0.6) is 5.75 Å². The third kappa shape index (κ3) is 4.14. The van der Waals surface area contributed by atoms with E-state index >= 15 is 0 Å². The summed E-state index contributed by atoms with van der Waals surface area (Å²) < 4.78 is 5.61. The van der Waals surface area contributed by atoms with Gasteiger partial charge in [0.15, 0.2) is 6.10 Å². The van der Waals surface area contributed by atoms with Crippen LogP contribution in [0, 0.1) is 0 Å². The molecule has 1 aromatic heterocycles. The van der Waals surface area contributed by atoms with E-state index in [4.69, 9.17) is 9.72 Å². The lowest BCUT2D eigenvalue weighted by atomic mass is 9.94. The summed E-state index contributed by atoms with van der Waals surface area (Å²) in [5, 5.41) is 11.1. The number of H-pyrrole nitrogens is 1. The van der Waals surface area contributed by atoms with Gasteiger partial charge in [-0.2, -0.15) is 0 Å². The lowest BCUT2D eigenvalue weighted by Gasteiger charge is -2.30. The molecule has 1 atom stereocenters. The van der Waals surface area contributed by atoms with Gasteiger partial charge >= 0.3 is 0 Å². The molecule has 2 N–H and O–H groups in total. The van der Waals surface area contributed by atoms with Gasteiger partial charge in [0.25, 0.3) is 11.5 Å². The molecule has 4 aromatic rings. The fourth-order valence-corrected chi connectivity index (χ4v) is 5.95. The van der Waals surface area contributed by atoms with E-state index in [9.17, 15) is 14.7 Å². The van der Waals surface area contributed by atoms with Crippen molar-refractivity contribution in [1.29, 1.82) is 0 Å². The summed E-state index contributed by atoms with van der Waals surface area (Å²) in [6.07, 6.45) is 1.95. The molecule has 7 rings (SSSR count). The lowest BCUT2D eigenvalue weighted by molar-refractivity contribution is -0.141. The Bertz CT molecular complexity index is 1640. The van der Waals surface area contributed by atoms with Gasteiger partial charge in [0.2, 0.25) is 0 Å². The quantitative estimate of drug-likeness (QED) is 0.415. The maximum atomic E-state index is 13.4. The highest BCUT2D eigenvalue weighted by Gasteiger charge is 2.48. The van der Waals surface area contributed by atoms with E-state index in [0.717, 1.165) is 41.8 Å². The number of nitrogens with one attached hydrogen (secondary N) is 1. The summed E-state index contributed by atoms with van der Waals surface area (Å²) in [6.45, 7) is 1.23. The molecule has 196 valence electrons. The molecule has 0 bridgehead atoms. The minimum atomic E-state index is -1.32. The molecular formula is C32H29N3O4. The Morgan fingerprint density at radius 3 is 2.64 bits per heavy atom. The van der Waals surface area contributed by atoms with Gasteiger partial charge in [-0.3, -0.25) is 9.59 Å². The van der Waals surface area contributed by atoms with E-state index in [2.05, 4.69) is 23.2 Å². The highest BCUT2D eigenvalue weighted by Crippen LogP contribution is 2.52. The third-order valence-corrected chi connectivity index (χ3v) is 8.37. The van der Waals surface area contributed by atoms with Crippen molar-refractivity contribution in [3.63, 3.8) is 0 Å². The van der Waals surface area contributed by atoms with Crippen molar-refractivity contribution in [3.05, 3.63) is 117 Å². The second-order valence-electron chi connectivity index (χ2n) is 10.7. The topological polar surface area (TPSA) is 95.5 Å². The van der Waals surface area contributed by atoms with Crippen LogP contribution in [0.15, 0.2) is 77.6 Å². The number of amides is 1. The van der Waals surface area contributed by atoms with Crippen molar-refractivity contribution in [2.24, 2.45) is 0 Å². The molecule has 7 heteroatoms. The van der Waals surface area contributed by atoms with Gasteiger partial charge in [-0.05, 0) is 58.9 Å². The molecule has 3 heterocycles. The van der Waals surface area contributed by atoms with Crippen LogP contribution in [-0.4, -0.2) is 39.0 Å². The van der Waals surface area contributed by atoms with E-state index in [-0.39, 0.29) is 17.5 Å². The Labute approximate surface area is 226 Å². The molecule has 1 aliphatic carbocycles. The first-order valence-corrected chi connectivity index (χ1v) is 13.5. The standard InChI is InChI=1S/C32H29N3O4/c36-28(23-6-4-5-20(18-23)21-9-10-27-22(17-21)12-16-39-27)30(38)35-15-11-26-25(19-35)29(37)34-31(33-26)32(13-14-32)24-7-2-1-3-8-24/h1-10,17-18,28,36H,11-16,19H2,(H,33,34,37)/t28-/m1/s1. The van der Waals surface area contributed by atoms with E-state index in [1.54, 1.807) is 11.0 Å². The minimum Gasteiger partial charge on any atom is -0.493 e. The maximum absolute atomic E-state index is 13.4. The van der Waals surface area contributed by atoms with Crippen LogP contribution in [0.2, 0.25) is 0 Å². The fraction of sp³-hybridized carbons (Fsp3) is 0.281. The molecule has 1 saturated carbocycles. The second kappa shape index (κ2) is 9.20. The number of nitrogens with zero attached hydrogens (tertiary/aromatic N) is 2. The Morgan fingerprint density at radius 2 is 1.82 bits per heavy atom. The van der Waals surface area contributed by atoms with Gasteiger partial charge < -0.3 is 19.7 Å². The predicted octanol–water partition coefficient (Wildman–Crippen LogP) is 4.07. The van der Waals surface area contributed by atoms with Crippen molar-refractivity contribution in [2.75, 3.05) is 13.2 Å². The summed E-state index contributed by atoms with van der Waals surface area (Å²) in [6, 6.07) is 23.7. The number of ether oxygens (including phenoxy) is 1. The van der Waals surface area contributed by atoms with Crippen LogP contribution in [0.1, 0.15) is 52.7 Å². The number of fused-ring (bicyclic) bond motifs is 2. The summed E-state index contributed by atoms with van der Waals surface area (Å²) in [5.74, 6) is 1.22. The number of carbonyl (C=O) groups excluding carboxylic acids is 1. The lowest BCUT2D eigenvalue weighted by Crippen LogP contribution is -2.42. The molecule has 0 spiro atoms. The smallest absolute Gasteiger partial charge is 0.256 e. The first-order chi connectivity index (χ1) is 19.0. The number of benzene rings is 3. The molecule has 0 unspecified atom stereocenters. The summed E-state index contributed by atoms with van der Waals surface area (Å²) in [4.78, 5) is 36.0. The molecule has 2 aliphatic heterocycles. The number of rotatable bonds is 5. The minimum absolute atomic E-state index is 0.136. The number of aliphatic hydroxyl groups excluding tert-OH is 1. The van der Waals surface area contributed by atoms with Crippen LogP contribution in [-0.2, 0) is 29.6 Å². The number of aliphatic hydroxyl groups is 1. The Balaban J connectivity index is 1.11. The maximum Gasteiger partial charge on any atom is 0.256 e. The molecule has 7 nitrogen and oxygen atoms in total. The second-order valence-corrected chi connectivity index (χ2v) is 10.7. The first kappa shape index (κ1) is 23.9. The van der Waals surface area contributed by atoms with E-state index in [1.807, 2.05) is 48.5 Å². The number of aromatic nitrogens is 2. The van der Waals surface area contributed by atoms with Gasteiger partial charge in [0.05, 0.1) is 29.8 Å². The largest absolute Gasteiger partial charge is 0.493 e. The van der Waals surface area contributed by atoms with Crippen molar-refractivity contribution in [3.8, 4) is 16.9 Å². The van der Waals surface area contributed by atoms with Crippen LogP contribution in [0.3, 0.4) is 0 Å². The SMILES string of the molecule is O=C([C@H](O)c1cccc(-c2ccc3c(c2)CCO3)c1)N1CCc2nc(C3(c4ccccc4)CC3)[nH]c(=O)c2C1. The summed E-state index contributed by atoms with van der Waals surface area (Å²) >= 11 is 0. The van der Waals surface area contributed by atoms with Crippen molar-refractivity contribution < 1.29 is 14.6 Å². The number of hydrogen-bond acceptors (Lipinski definition) is 5. The van der Waals surface area contributed by atoms with Crippen LogP contribution in [0.25, 0.3) is 11.1 Å². The molecule has 3 aliphatic rings. The van der Waals surface area contributed by atoms with E-state index in [1.165, 1.54) is 11.1 Å². The number of hydrogen-bond donors (Lipinski definition) is 2. The van der Waals surface area contributed by atoms with Crippen molar-refractivity contribution in [2.45, 2.75) is 43.7 Å². The molecule has 1 fully saturated rings. The van der Waals surface area contributed by atoms with E-state index in [0.29, 0.717) is 36.5 Å². The van der Waals surface area contributed by atoms with Gasteiger partial charge in [0, 0.05) is 19.4 Å². The average Bonchev–Trinajstić information content (AvgIpc) is 3.67. The monoisotopic (exact) mass is 519 g/mol. The highest BCUT2D eigenvalue weighted by molar-refractivity contribution is 5.83. The van der Waals surface area contributed by atoms with Gasteiger partial charge in [-0.15, -0.1) is 0 Å². The summed E-state index contributed by atoms with van der Waals surface area (Å²) in [5.41, 5.74) is 5.63. The van der Waals surface area contributed by atoms with Crippen molar-refractivity contribution in [1.82, 2.24) is 14.9 Å². The fourth-order valence-electron chi connectivity index (χ4n) is 5.95. The van der Waals surface area contributed by atoms with Crippen LogP contribution >= 0.6 is 0 Å². The average molecular weight is 520 g/mol. The van der Waals surface area contributed by atoms with Gasteiger partial charge in [-0.1, -0.05) is 54.6 Å². The molecule has 3 aromatic carbocycles. The summed E-state index contributed by atoms with van der Waals surface area (Å²) in [7, 11) is 0. The highest BCUT2D eigenvalue weighted by atomic mass is 16.5. The zero-order valence-corrected chi connectivity index (χ0v) is 21.5. The predicted molar refractivity (Wildman–Crippen MR) is 146 cm³/mol. The number of aromatic amines is 1. The molecule has 1 amide bonds. The molecule has 0 radical (unpaired) electrons. The Hall–Kier alpha value is -4.23. The van der Waals surface area contributed by atoms with Crippen LogP contribution < -0.4 is 10.3 Å². The van der Waals surface area contributed by atoms with Gasteiger partial charge in [0.1, 0.15) is 11.6 Å². The zero-order chi connectivity index (χ0) is 26.6. The first-order valence-electron chi connectivity index (χ1n) is 13.5. The van der Waals surface area contributed by atoms with Crippen LogP contribution in [0.4, 0.5) is 0 Å². The van der Waals surface area contributed by atoms with Gasteiger partial charge in [-0.25, -0.2) is 4.98 Å². The number of carbonyl (C=O) groups is 1. The molecule has 0 saturated heterocycles.